The van der Waals surface area contributed by atoms with Gasteiger partial charge in [0.15, 0.2) is 10.6 Å². The molecule has 1 heterocycles. The Labute approximate surface area is 104 Å². The summed E-state index contributed by atoms with van der Waals surface area (Å²) in [6.45, 7) is 0. The summed E-state index contributed by atoms with van der Waals surface area (Å²) in [5.74, 6) is 0.828. The van der Waals surface area contributed by atoms with Crippen LogP contribution in [0.2, 0.25) is 0 Å². The molecule has 0 bridgehead atoms. The van der Waals surface area contributed by atoms with Crippen molar-refractivity contribution in [2.75, 3.05) is 0 Å². The summed E-state index contributed by atoms with van der Waals surface area (Å²) in [6, 6.07) is 10.0. The Bertz CT molecular complexity index is 658. The van der Waals surface area contributed by atoms with Crippen LogP contribution in [0.25, 0.3) is 11.4 Å². The average molecular weight is 242 g/mol. The molecule has 4 nitrogen and oxygen atoms in total. The molecular formula is C12H10N4S. The number of aromatic amines is 1. The summed E-state index contributed by atoms with van der Waals surface area (Å²) in [6.07, 6.45) is 2.30. The van der Waals surface area contributed by atoms with E-state index in [-0.39, 0.29) is 0 Å². The molecule has 0 spiro atoms. The van der Waals surface area contributed by atoms with Crippen molar-refractivity contribution in [3.8, 4) is 17.5 Å². The van der Waals surface area contributed by atoms with Crippen LogP contribution in [0, 0.1) is 16.1 Å². The van der Waals surface area contributed by atoms with Crippen molar-refractivity contribution in [2.45, 2.75) is 18.9 Å². The van der Waals surface area contributed by atoms with Crippen molar-refractivity contribution in [3.05, 3.63) is 34.6 Å². The molecule has 0 atom stereocenters. The molecule has 1 saturated carbocycles. The van der Waals surface area contributed by atoms with E-state index in [0.29, 0.717) is 16.4 Å². The Morgan fingerprint density at radius 1 is 1.47 bits per heavy atom. The molecule has 0 amide bonds. The Hall–Kier alpha value is -1.93. The quantitative estimate of drug-likeness (QED) is 0.824. The van der Waals surface area contributed by atoms with E-state index in [9.17, 15) is 0 Å². The van der Waals surface area contributed by atoms with Gasteiger partial charge in [-0.3, -0.25) is 9.67 Å². The van der Waals surface area contributed by atoms with Crippen molar-refractivity contribution in [1.82, 2.24) is 14.8 Å². The second-order valence-corrected chi connectivity index (χ2v) is 4.53. The van der Waals surface area contributed by atoms with E-state index < -0.39 is 0 Å². The third-order valence-electron chi connectivity index (χ3n) is 2.87. The minimum absolute atomic E-state index is 0.474. The minimum atomic E-state index is 0.474. The Morgan fingerprint density at radius 2 is 2.29 bits per heavy atom. The summed E-state index contributed by atoms with van der Waals surface area (Å²) in [4.78, 5) is 0. The normalized spacial score (nSPS) is 14.5. The van der Waals surface area contributed by atoms with E-state index in [0.717, 1.165) is 24.2 Å². The van der Waals surface area contributed by atoms with E-state index in [1.807, 2.05) is 22.8 Å². The zero-order valence-electron chi connectivity index (χ0n) is 9.05. The fraction of sp³-hybridized carbons (Fsp3) is 0.250. The molecule has 2 aromatic rings. The van der Waals surface area contributed by atoms with Gasteiger partial charge in [-0.25, -0.2) is 0 Å². The van der Waals surface area contributed by atoms with Crippen molar-refractivity contribution in [3.63, 3.8) is 0 Å². The summed E-state index contributed by atoms with van der Waals surface area (Å²) < 4.78 is 2.70. The van der Waals surface area contributed by atoms with Gasteiger partial charge in [0.05, 0.1) is 11.6 Å². The molecule has 0 saturated heterocycles. The number of nitriles is 1. The van der Waals surface area contributed by atoms with Crippen LogP contribution in [0.5, 0.6) is 0 Å². The molecule has 5 heteroatoms. The maximum absolute atomic E-state index is 8.90. The van der Waals surface area contributed by atoms with E-state index >= 15 is 0 Å². The third kappa shape index (κ3) is 1.77. The Kier molecular flexibility index (Phi) is 2.30. The van der Waals surface area contributed by atoms with Crippen LogP contribution in [0.4, 0.5) is 0 Å². The highest BCUT2D eigenvalue weighted by Crippen LogP contribution is 2.38. The van der Waals surface area contributed by atoms with Crippen molar-refractivity contribution < 1.29 is 0 Å². The smallest absolute Gasteiger partial charge is 0.195 e. The lowest BCUT2D eigenvalue weighted by Gasteiger charge is -2.04. The Balaban J connectivity index is 2.15. The lowest BCUT2D eigenvalue weighted by Crippen LogP contribution is -1.97. The fourth-order valence-electron chi connectivity index (χ4n) is 1.91. The van der Waals surface area contributed by atoms with Gasteiger partial charge in [0.2, 0.25) is 0 Å². The summed E-state index contributed by atoms with van der Waals surface area (Å²) >= 11 is 5.23. The number of nitrogens with zero attached hydrogens (tertiary/aromatic N) is 3. The molecular weight excluding hydrogens is 232 g/mol. The first kappa shape index (κ1) is 10.2. The molecule has 1 N–H and O–H groups in total. The average Bonchev–Trinajstić information content (AvgIpc) is 3.12. The summed E-state index contributed by atoms with van der Waals surface area (Å²) in [7, 11) is 0. The van der Waals surface area contributed by atoms with Gasteiger partial charge in [0, 0.05) is 11.6 Å². The fourth-order valence-corrected chi connectivity index (χ4v) is 2.19. The van der Waals surface area contributed by atoms with E-state index in [1.165, 1.54) is 0 Å². The largest absolute Gasteiger partial charge is 0.297 e. The Morgan fingerprint density at radius 3 is 3.00 bits per heavy atom. The van der Waals surface area contributed by atoms with Crippen LogP contribution in [-0.2, 0) is 0 Å². The van der Waals surface area contributed by atoms with Gasteiger partial charge < -0.3 is 0 Å². The molecule has 1 fully saturated rings. The molecule has 0 radical (unpaired) electrons. The highest BCUT2D eigenvalue weighted by molar-refractivity contribution is 7.71. The van der Waals surface area contributed by atoms with Crippen LogP contribution < -0.4 is 0 Å². The van der Waals surface area contributed by atoms with Crippen molar-refractivity contribution >= 4 is 12.2 Å². The molecule has 1 aromatic heterocycles. The maximum Gasteiger partial charge on any atom is 0.195 e. The van der Waals surface area contributed by atoms with Gasteiger partial charge in [-0.05, 0) is 37.2 Å². The first-order valence-electron chi connectivity index (χ1n) is 5.47. The zero-order chi connectivity index (χ0) is 11.8. The van der Waals surface area contributed by atoms with Gasteiger partial charge in [-0.1, -0.05) is 12.1 Å². The van der Waals surface area contributed by atoms with Gasteiger partial charge in [-0.2, -0.15) is 10.4 Å². The van der Waals surface area contributed by atoms with Gasteiger partial charge >= 0.3 is 0 Å². The molecule has 3 rings (SSSR count). The highest BCUT2D eigenvalue weighted by atomic mass is 32.1. The highest BCUT2D eigenvalue weighted by Gasteiger charge is 2.27. The molecule has 1 aliphatic rings. The van der Waals surface area contributed by atoms with Crippen LogP contribution in [0.15, 0.2) is 24.3 Å². The standard InChI is InChI=1S/C12H10N4S/c13-7-8-2-1-3-9(6-8)11-14-15-12(17)16(11)10-4-5-10/h1-3,6,10H,4-5H2,(H,15,17). The number of hydrogen-bond donors (Lipinski definition) is 1. The molecule has 1 aliphatic carbocycles. The molecule has 0 unspecified atom stereocenters. The topological polar surface area (TPSA) is 57.4 Å². The minimum Gasteiger partial charge on any atom is -0.297 e. The SMILES string of the molecule is N#Cc1cccc(-c2n[nH]c(=S)n2C2CC2)c1. The third-order valence-corrected chi connectivity index (χ3v) is 3.15. The monoisotopic (exact) mass is 242 g/mol. The summed E-state index contributed by atoms with van der Waals surface area (Å²) in [5, 5.41) is 16.0. The number of H-pyrrole nitrogens is 1. The van der Waals surface area contributed by atoms with Gasteiger partial charge in [-0.15, -0.1) is 0 Å². The summed E-state index contributed by atoms with van der Waals surface area (Å²) in [5.41, 5.74) is 1.57. The van der Waals surface area contributed by atoms with Crippen LogP contribution in [0.1, 0.15) is 24.4 Å². The van der Waals surface area contributed by atoms with E-state index in [2.05, 4.69) is 16.3 Å². The molecule has 0 aliphatic heterocycles. The molecule has 84 valence electrons. The number of rotatable bonds is 2. The van der Waals surface area contributed by atoms with Crippen LogP contribution >= 0.6 is 12.2 Å². The first-order valence-corrected chi connectivity index (χ1v) is 5.88. The number of nitrogens with one attached hydrogen (secondary N) is 1. The number of benzene rings is 1. The lowest BCUT2D eigenvalue weighted by molar-refractivity contribution is 0.735. The van der Waals surface area contributed by atoms with Crippen LogP contribution in [-0.4, -0.2) is 14.8 Å². The predicted octanol–water partition coefficient (Wildman–Crippen LogP) is 2.81. The first-order chi connectivity index (χ1) is 8.29. The number of hydrogen-bond acceptors (Lipinski definition) is 3. The van der Waals surface area contributed by atoms with E-state index in [4.69, 9.17) is 17.5 Å². The molecule has 1 aromatic carbocycles. The predicted molar refractivity (Wildman–Crippen MR) is 65.8 cm³/mol. The second-order valence-electron chi connectivity index (χ2n) is 4.15. The van der Waals surface area contributed by atoms with Crippen molar-refractivity contribution in [2.24, 2.45) is 0 Å². The van der Waals surface area contributed by atoms with Crippen molar-refractivity contribution in [1.29, 1.82) is 5.26 Å². The van der Waals surface area contributed by atoms with Gasteiger partial charge in [0.1, 0.15) is 0 Å². The molecule has 17 heavy (non-hydrogen) atoms. The maximum atomic E-state index is 8.90. The van der Waals surface area contributed by atoms with Crippen LogP contribution in [0.3, 0.4) is 0 Å². The number of aromatic nitrogens is 3. The van der Waals surface area contributed by atoms with E-state index in [1.54, 1.807) is 6.07 Å². The lowest BCUT2D eigenvalue weighted by atomic mass is 10.1. The van der Waals surface area contributed by atoms with Gasteiger partial charge in [0.25, 0.3) is 0 Å². The second kappa shape index (κ2) is 3.82. The zero-order valence-corrected chi connectivity index (χ0v) is 9.87.